The average molecular weight is 967 g/mol. The molecule has 7 rings (SSSR count). The molecule has 3 fully saturated rings. The number of H-pyrrole nitrogens is 1. The van der Waals surface area contributed by atoms with Crippen LogP contribution < -0.4 is 21.7 Å². The molecule has 7 atom stereocenters. The smallest absolute Gasteiger partial charge is 0.275 e. The second-order valence-electron chi connectivity index (χ2n) is 20.3. The van der Waals surface area contributed by atoms with Crippen LogP contribution in [0, 0.1) is 19.3 Å². The zero-order chi connectivity index (χ0) is 49.6. The number of aliphatic hydroxyl groups excluding tert-OH is 1. The van der Waals surface area contributed by atoms with Crippen molar-refractivity contribution in [2.75, 3.05) is 26.2 Å². The van der Waals surface area contributed by atoms with Gasteiger partial charge in [-0.05, 0) is 81.5 Å². The molecular formula is C51H70N10O7S. The molecule has 372 valence electrons. The van der Waals surface area contributed by atoms with Gasteiger partial charge in [-0.3, -0.25) is 33.9 Å². The van der Waals surface area contributed by atoms with Gasteiger partial charge in [-0.25, -0.2) is 4.98 Å². The predicted octanol–water partition coefficient (Wildman–Crippen LogP) is 5.05. The summed E-state index contributed by atoms with van der Waals surface area (Å²) < 4.78 is 0. The fourth-order valence-electron chi connectivity index (χ4n) is 9.98. The van der Waals surface area contributed by atoms with Crippen LogP contribution in [0.15, 0.2) is 48.0 Å². The molecule has 17 nitrogen and oxygen atoms in total. The number of aliphatic hydroxyl groups is 1. The van der Waals surface area contributed by atoms with Crippen LogP contribution in [-0.4, -0.2) is 133 Å². The Morgan fingerprint density at radius 3 is 2.35 bits per heavy atom. The second-order valence-corrected chi connectivity index (χ2v) is 21.2. The predicted molar refractivity (Wildman–Crippen MR) is 265 cm³/mol. The van der Waals surface area contributed by atoms with Crippen molar-refractivity contribution in [1.82, 2.24) is 45.8 Å². The number of carbonyl (C=O) groups is 6. The summed E-state index contributed by atoms with van der Waals surface area (Å²) in [4.78, 5) is 91.9. The van der Waals surface area contributed by atoms with Gasteiger partial charge in [-0.15, -0.1) is 11.3 Å². The standard InChI is InChI=1S/C51H70N10O7S/c1-30-14-20-39-37(25-30)43(58-57-39)49(67)59-24-22-35-19-21-40(61(35)48(66)38(52)28-59)46(64)53-23-12-10-8-7-9-11-13-42(63)56-45(51(4,5)6)50(68)60-27-36(62)26-41(60)47(65)55-31(2)33-15-17-34(18-16-33)44-32(3)54-29-69-44/h14-18,20,25,29,31,35-36,38,40-41,45,62H,7-13,19,21-24,26-28,52H2,1-6H3,(H,53,64)(H,55,65)(H,56,63)(H,57,58)/t31-,35+,36+,38-,40-,41-,45+/m0/s1. The van der Waals surface area contributed by atoms with Crippen molar-refractivity contribution in [3.05, 3.63) is 70.5 Å². The summed E-state index contributed by atoms with van der Waals surface area (Å²) in [5.74, 6) is -1.76. The van der Waals surface area contributed by atoms with Gasteiger partial charge in [0.15, 0.2) is 5.69 Å². The number of fused-ring (bicyclic) bond motifs is 2. The highest BCUT2D eigenvalue weighted by molar-refractivity contribution is 7.13. The summed E-state index contributed by atoms with van der Waals surface area (Å²) in [5.41, 5.74) is 12.6. The maximum Gasteiger partial charge on any atom is 0.275 e. The van der Waals surface area contributed by atoms with Crippen LogP contribution in [0.5, 0.6) is 0 Å². The van der Waals surface area contributed by atoms with E-state index in [4.69, 9.17) is 5.73 Å². The molecule has 0 bridgehead atoms. The Morgan fingerprint density at radius 2 is 1.64 bits per heavy atom. The average Bonchev–Trinajstić information content (AvgIpc) is 4.13. The Morgan fingerprint density at radius 1 is 0.913 bits per heavy atom. The molecule has 5 heterocycles. The number of hydrogen-bond acceptors (Lipinski definition) is 11. The van der Waals surface area contributed by atoms with Crippen molar-refractivity contribution in [1.29, 1.82) is 0 Å². The third-order valence-electron chi connectivity index (χ3n) is 13.9. The molecule has 18 heteroatoms. The fraction of sp³-hybridized carbons (Fsp3) is 0.569. The molecule has 3 aliphatic rings. The number of nitrogens with zero attached hydrogens (tertiary/aromatic N) is 5. The van der Waals surface area contributed by atoms with E-state index in [1.54, 1.807) is 21.1 Å². The molecule has 4 aromatic rings. The molecule has 0 radical (unpaired) electrons. The number of thiazole rings is 1. The topological polar surface area (TPSA) is 236 Å². The van der Waals surface area contributed by atoms with Crippen LogP contribution in [0.1, 0.15) is 132 Å². The maximum atomic E-state index is 14.1. The van der Waals surface area contributed by atoms with Crippen LogP contribution in [0.25, 0.3) is 21.3 Å². The van der Waals surface area contributed by atoms with E-state index in [2.05, 4.69) is 31.1 Å². The van der Waals surface area contributed by atoms with E-state index >= 15 is 0 Å². The number of rotatable bonds is 17. The van der Waals surface area contributed by atoms with Gasteiger partial charge in [0, 0.05) is 50.4 Å². The zero-order valence-electron chi connectivity index (χ0n) is 40.9. The van der Waals surface area contributed by atoms with Crippen molar-refractivity contribution in [2.45, 2.75) is 155 Å². The second kappa shape index (κ2) is 22.4. The number of unbranched alkanes of at least 4 members (excludes halogenated alkanes) is 5. The lowest BCUT2D eigenvalue weighted by atomic mass is 9.85. The third kappa shape index (κ3) is 12.2. The molecule has 3 saturated heterocycles. The summed E-state index contributed by atoms with van der Waals surface area (Å²) in [7, 11) is 0. The number of aromatic nitrogens is 3. The molecule has 0 aliphatic carbocycles. The summed E-state index contributed by atoms with van der Waals surface area (Å²) in [6.07, 6.45) is 6.17. The van der Waals surface area contributed by atoms with E-state index in [9.17, 15) is 33.9 Å². The highest BCUT2D eigenvalue weighted by atomic mass is 32.1. The van der Waals surface area contributed by atoms with Gasteiger partial charge >= 0.3 is 0 Å². The van der Waals surface area contributed by atoms with E-state index in [1.807, 2.05) is 89.5 Å². The highest BCUT2D eigenvalue weighted by Gasteiger charge is 2.46. The normalized spacial score (nSPS) is 21.7. The van der Waals surface area contributed by atoms with Crippen LogP contribution in [0.4, 0.5) is 0 Å². The molecule has 2 aromatic heterocycles. The number of hydrogen-bond donors (Lipinski definition) is 6. The number of aryl methyl sites for hydroxylation is 2. The van der Waals surface area contributed by atoms with Crippen LogP contribution in [-0.2, 0) is 24.0 Å². The first-order valence-electron chi connectivity index (χ1n) is 24.6. The molecule has 2 aromatic carbocycles. The number of carbonyl (C=O) groups excluding carboxylic acids is 6. The van der Waals surface area contributed by atoms with E-state index in [-0.39, 0.29) is 67.6 Å². The molecule has 0 saturated carbocycles. The van der Waals surface area contributed by atoms with E-state index < -0.39 is 41.6 Å². The molecule has 0 spiro atoms. The summed E-state index contributed by atoms with van der Waals surface area (Å²) in [6.45, 7) is 12.4. The van der Waals surface area contributed by atoms with Gasteiger partial charge in [0.05, 0.1) is 33.7 Å². The van der Waals surface area contributed by atoms with E-state index in [0.717, 1.165) is 70.3 Å². The Balaban J connectivity index is 0.798. The Kier molecular flexibility index (Phi) is 16.6. The number of aromatic amines is 1. The Labute approximate surface area is 408 Å². The van der Waals surface area contributed by atoms with Crippen LogP contribution in [0.3, 0.4) is 0 Å². The number of likely N-dealkylation sites (tertiary alicyclic amines) is 1. The van der Waals surface area contributed by atoms with E-state index in [1.165, 1.54) is 4.90 Å². The SMILES string of the molecule is Cc1ccc2[nH]nc(C(=O)N3CC[C@H]4CC[C@@H](C(=O)NCCCCCCCCC(=O)N[C@H](C(=O)N5C[C@H](O)C[C@H]5C(=O)N[C@@H](C)c5ccc(-c6scnc6C)cc5)C(C)(C)C)N4C(=O)[C@@H](N)C3)c2c1. The first-order valence-corrected chi connectivity index (χ1v) is 25.5. The first-order chi connectivity index (χ1) is 32.9. The van der Waals surface area contributed by atoms with Gasteiger partial charge < -0.3 is 41.5 Å². The number of benzene rings is 2. The monoisotopic (exact) mass is 967 g/mol. The quantitative estimate of drug-likeness (QED) is 0.0771. The molecule has 69 heavy (non-hydrogen) atoms. The molecular weight excluding hydrogens is 897 g/mol. The van der Waals surface area contributed by atoms with Crippen LogP contribution in [0.2, 0.25) is 0 Å². The van der Waals surface area contributed by atoms with Crippen molar-refractivity contribution < 1.29 is 33.9 Å². The van der Waals surface area contributed by atoms with Crippen molar-refractivity contribution in [2.24, 2.45) is 11.1 Å². The lowest BCUT2D eigenvalue weighted by molar-refractivity contribution is -0.144. The molecule has 0 unspecified atom stereocenters. The minimum Gasteiger partial charge on any atom is -0.391 e. The summed E-state index contributed by atoms with van der Waals surface area (Å²) in [6, 6.07) is 9.84. The summed E-state index contributed by atoms with van der Waals surface area (Å²) in [5, 5.41) is 27.6. The maximum absolute atomic E-state index is 14.1. The van der Waals surface area contributed by atoms with E-state index in [0.29, 0.717) is 44.5 Å². The summed E-state index contributed by atoms with van der Waals surface area (Å²) >= 11 is 1.58. The molecule has 3 aliphatic heterocycles. The minimum absolute atomic E-state index is 0.00352. The third-order valence-corrected chi connectivity index (χ3v) is 14.9. The Bertz CT molecular complexity index is 2480. The van der Waals surface area contributed by atoms with Gasteiger partial charge in [0.25, 0.3) is 5.91 Å². The lowest BCUT2D eigenvalue weighted by Gasteiger charge is -2.37. The largest absolute Gasteiger partial charge is 0.391 e. The minimum atomic E-state index is -0.965. The molecule has 6 amide bonds. The first kappa shape index (κ1) is 51.1. The zero-order valence-corrected chi connectivity index (χ0v) is 41.7. The number of nitrogens with two attached hydrogens (primary N) is 1. The van der Waals surface area contributed by atoms with Crippen molar-refractivity contribution >= 4 is 57.7 Å². The number of nitrogens with one attached hydrogen (secondary N) is 4. The van der Waals surface area contributed by atoms with Crippen molar-refractivity contribution in [3.63, 3.8) is 0 Å². The lowest BCUT2D eigenvalue weighted by Crippen LogP contribution is -2.59. The van der Waals surface area contributed by atoms with Gasteiger partial charge in [-0.1, -0.05) is 82.3 Å². The molecule has 7 N–H and O–H groups in total. The van der Waals surface area contributed by atoms with Crippen LogP contribution >= 0.6 is 11.3 Å². The van der Waals surface area contributed by atoms with Gasteiger partial charge in [0.1, 0.15) is 24.2 Å². The number of β-amino-alcohol motifs (C(OH)–C–C–N with tert-alkyl or cyclic N) is 1. The number of amides is 6. The van der Waals surface area contributed by atoms with Crippen molar-refractivity contribution in [3.8, 4) is 10.4 Å². The highest BCUT2D eigenvalue weighted by Crippen LogP contribution is 2.32. The van der Waals surface area contributed by atoms with Gasteiger partial charge in [-0.2, -0.15) is 5.10 Å². The van der Waals surface area contributed by atoms with Gasteiger partial charge in [0.2, 0.25) is 29.5 Å². The fourth-order valence-corrected chi connectivity index (χ4v) is 10.8. The Hall–Kier alpha value is -5.72.